The summed E-state index contributed by atoms with van der Waals surface area (Å²) in [6.07, 6.45) is 5.77. The number of hydrogen-bond acceptors (Lipinski definition) is 9. The van der Waals surface area contributed by atoms with E-state index in [1.165, 1.54) is 39.1 Å². The molecule has 2 aromatic carbocycles. The second-order valence-electron chi connectivity index (χ2n) is 13.0. The molecule has 0 aliphatic carbocycles. The van der Waals surface area contributed by atoms with Gasteiger partial charge in [0.1, 0.15) is 12.4 Å². The number of likely N-dealkylation sites (tertiary alicyclic amines) is 1. The lowest BCUT2D eigenvalue weighted by Gasteiger charge is -2.42. The Labute approximate surface area is 277 Å². The van der Waals surface area contributed by atoms with Gasteiger partial charge in [0.15, 0.2) is 0 Å². The summed E-state index contributed by atoms with van der Waals surface area (Å²) < 4.78 is 6.32. The molecule has 3 aromatic rings. The molecule has 11 nitrogen and oxygen atoms in total. The molecule has 0 bridgehead atoms. The van der Waals surface area contributed by atoms with Crippen LogP contribution in [0.3, 0.4) is 0 Å². The van der Waals surface area contributed by atoms with E-state index >= 15 is 0 Å². The van der Waals surface area contributed by atoms with Crippen LogP contribution in [0.25, 0.3) is 10.8 Å². The van der Waals surface area contributed by atoms with Gasteiger partial charge in [0.05, 0.1) is 30.8 Å². The van der Waals surface area contributed by atoms with Crippen molar-refractivity contribution in [2.24, 2.45) is 0 Å². The predicted molar refractivity (Wildman–Crippen MR) is 182 cm³/mol. The summed E-state index contributed by atoms with van der Waals surface area (Å²) in [4.78, 5) is 45.3. The summed E-state index contributed by atoms with van der Waals surface area (Å²) in [5, 5.41) is 12.2. The number of nitriles is 1. The minimum Gasteiger partial charge on any atom is -0.462 e. The van der Waals surface area contributed by atoms with E-state index in [1.54, 1.807) is 19.0 Å². The zero-order valence-electron chi connectivity index (χ0n) is 27.9. The molecular weight excluding hydrogens is 592 g/mol. The topological polar surface area (TPSA) is 109 Å². The van der Waals surface area contributed by atoms with Crippen molar-refractivity contribution in [3.8, 4) is 12.1 Å². The van der Waals surface area contributed by atoms with Gasteiger partial charge in [-0.2, -0.15) is 15.2 Å². The Morgan fingerprint density at radius 3 is 2.60 bits per heavy atom. The Balaban J connectivity index is 1.30. The maximum atomic E-state index is 13.2. The minimum atomic E-state index is -0.346. The second kappa shape index (κ2) is 14.0. The first-order valence-electron chi connectivity index (χ1n) is 16.5. The van der Waals surface area contributed by atoms with Crippen molar-refractivity contribution in [2.45, 2.75) is 51.2 Å². The molecule has 0 saturated carbocycles. The number of carbonyl (C=O) groups excluding carboxylic acids is 2. The number of hydrogen-bond donors (Lipinski definition) is 0. The van der Waals surface area contributed by atoms with Crippen LogP contribution in [0.2, 0.25) is 0 Å². The molecule has 6 rings (SSSR count). The molecular formula is C36H44N8O3. The molecule has 2 fully saturated rings. The van der Waals surface area contributed by atoms with E-state index in [1.807, 2.05) is 0 Å². The van der Waals surface area contributed by atoms with Crippen molar-refractivity contribution < 1.29 is 14.3 Å². The predicted octanol–water partition coefficient (Wildman–Crippen LogP) is 3.55. The number of ether oxygens (including phenoxy) is 1. The largest absolute Gasteiger partial charge is 0.462 e. The van der Waals surface area contributed by atoms with E-state index < -0.39 is 0 Å². The van der Waals surface area contributed by atoms with Crippen molar-refractivity contribution >= 4 is 34.1 Å². The number of nitrogens with zero attached hydrogens (tertiary/aromatic N) is 8. The van der Waals surface area contributed by atoms with Crippen LogP contribution < -0.4 is 14.5 Å². The maximum absolute atomic E-state index is 13.2. The molecule has 0 radical (unpaired) electrons. The minimum absolute atomic E-state index is 0.177. The quantitative estimate of drug-likeness (QED) is 0.343. The van der Waals surface area contributed by atoms with Gasteiger partial charge in [0.25, 0.3) is 0 Å². The lowest BCUT2D eigenvalue weighted by Crippen LogP contribution is -2.55. The molecule has 3 aliphatic rings. The average Bonchev–Trinajstić information content (AvgIpc) is 3.49. The van der Waals surface area contributed by atoms with Gasteiger partial charge in [0, 0.05) is 75.1 Å². The van der Waals surface area contributed by atoms with Gasteiger partial charge in [-0.3, -0.25) is 9.59 Å². The van der Waals surface area contributed by atoms with Crippen molar-refractivity contribution in [3.05, 3.63) is 65.4 Å². The number of rotatable bonds is 8. The summed E-state index contributed by atoms with van der Waals surface area (Å²) in [5.41, 5.74) is 4.48. The molecule has 47 heavy (non-hydrogen) atoms. The summed E-state index contributed by atoms with van der Waals surface area (Å²) in [6, 6.07) is 15.5. The van der Waals surface area contributed by atoms with E-state index in [4.69, 9.17) is 14.7 Å². The SMILES string of the molecule is Cc1cccc2cccc(N3CCc4c(nc(OCC5CCCN5C)nc4N4CCN(C(=O)/C=C/C(=O)N(C)C)C(CC#N)C4)C3)c12. The lowest BCUT2D eigenvalue weighted by atomic mass is 9.99. The third-order valence-corrected chi connectivity index (χ3v) is 9.73. The number of amides is 2. The van der Waals surface area contributed by atoms with Crippen LogP contribution in [-0.2, 0) is 22.6 Å². The van der Waals surface area contributed by atoms with E-state index in [2.05, 4.69) is 71.1 Å². The summed E-state index contributed by atoms with van der Waals surface area (Å²) in [7, 11) is 5.41. The van der Waals surface area contributed by atoms with E-state index in [0.29, 0.717) is 44.8 Å². The summed E-state index contributed by atoms with van der Waals surface area (Å²) >= 11 is 0. The first-order chi connectivity index (χ1) is 22.7. The van der Waals surface area contributed by atoms with Gasteiger partial charge in [-0.05, 0) is 56.8 Å². The van der Waals surface area contributed by atoms with Crippen LogP contribution in [0.4, 0.5) is 11.5 Å². The van der Waals surface area contributed by atoms with Crippen LogP contribution in [0.5, 0.6) is 6.01 Å². The van der Waals surface area contributed by atoms with Gasteiger partial charge in [0.2, 0.25) is 11.8 Å². The Bertz CT molecular complexity index is 1710. The zero-order chi connectivity index (χ0) is 33.1. The number of likely N-dealkylation sites (N-methyl/N-ethyl adjacent to an activating group) is 2. The summed E-state index contributed by atoms with van der Waals surface area (Å²) in [5.74, 6) is 0.299. The molecule has 0 N–H and O–H groups in total. The van der Waals surface area contributed by atoms with Crippen molar-refractivity contribution in [3.63, 3.8) is 0 Å². The Morgan fingerprint density at radius 1 is 1.04 bits per heavy atom. The van der Waals surface area contributed by atoms with Crippen molar-refractivity contribution in [2.75, 3.05) is 70.3 Å². The first kappa shape index (κ1) is 32.3. The van der Waals surface area contributed by atoms with Gasteiger partial charge in [-0.25, -0.2) is 0 Å². The highest BCUT2D eigenvalue weighted by atomic mass is 16.5. The molecule has 246 valence electrons. The first-order valence-corrected chi connectivity index (χ1v) is 16.5. The third kappa shape index (κ3) is 6.88. The van der Waals surface area contributed by atoms with Gasteiger partial charge < -0.3 is 29.2 Å². The molecule has 3 aliphatic heterocycles. The van der Waals surface area contributed by atoms with E-state index in [-0.39, 0.29) is 24.3 Å². The number of carbonyl (C=O) groups is 2. The van der Waals surface area contributed by atoms with Gasteiger partial charge in [-0.15, -0.1) is 0 Å². The highest BCUT2D eigenvalue weighted by molar-refractivity contribution is 5.97. The Kier molecular flexibility index (Phi) is 9.59. The molecule has 1 aromatic heterocycles. The Morgan fingerprint density at radius 2 is 1.85 bits per heavy atom. The fourth-order valence-electron chi connectivity index (χ4n) is 7.06. The van der Waals surface area contributed by atoms with Crippen molar-refractivity contribution in [1.29, 1.82) is 5.26 Å². The standard InChI is InChI=1S/C36H44N8O3/c1-25-8-5-9-26-10-6-12-31(34(25)26)42-19-16-29-30(23-42)38-36(47-24-28-11-7-18-41(28)4)39-35(29)43-20-21-44(27(22-43)15-17-37)33(46)14-13-32(45)40(2)3/h5-6,8-10,12-14,27-28H,7,11,15-16,18-24H2,1-4H3/b14-13+. The molecule has 11 heteroatoms. The monoisotopic (exact) mass is 636 g/mol. The molecule has 2 atom stereocenters. The van der Waals surface area contributed by atoms with Crippen LogP contribution in [0.15, 0.2) is 48.6 Å². The van der Waals surface area contributed by atoms with Crippen LogP contribution in [0, 0.1) is 18.3 Å². The number of anilines is 2. The van der Waals surface area contributed by atoms with E-state index in [0.717, 1.165) is 49.4 Å². The van der Waals surface area contributed by atoms with Crippen LogP contribution in [0.1, 0.15) is 36.1 Å². The average molecular weight is 637 g/mol. The smallest absolute Gasteiger partial charge is 0.318 e. The molecule has 0 spiro atoms. The molecule has 2 saturated heterocycles. The highest BCUT2D eigenvalue weighted by Crippen LogP contribution is 2.36. The number of benzene rings is 2. The van der Waals surface area contributed by atoms with Crippen LogP contribution in [-0.4, -0.2) is 109 Å². The molecule has 4 heterocycles. The number of aryl methyl sites for hydroxylation is 1. The maximum Gasteiger partial charge on any atom is 0.318 e. The summed E-state index contributed by atoms with van der Waals surface area (Å²) in [6.45, 7) is 6.60. The second-order valence-corrected chi connectivity index (χ2v) is 13.0. The lowest BCUT2D eigenvalue weighted by molar-refractivity contribution is -0.129. The highest BCUT2D eigenvalue weighted by Gasteiger charge is 2.34. The third-order valence-electron chi connectivity index (χ3n) is 9.73. The van der Waals surface area contributed by atoms with Gasteiger partial charge in [-0.1, -0.05) is 30.3 Å². The van der Waals surface area contributed by atoms with E-state index in [9.17, 15) is 14.9 Å². The fraction of sp³-hybridized carbons (Fsp3) is 0.472. The normalized spacial score (nSPS) is 20.0. The Hall–Kier alpha value is -4.69. The number of piperazine rings is 1. The molecule has 2 amide bonds. The van der Waals surface area contributed by atoms with Crippen LogP contribution >= 0.6 is 0 Å². The fourth-order valence-corrected chi connectivity index (χ4v) is 7.06. The molecule has 2 unspecified atom stereocenters. The zero-order valence-corrected chi connectivity index (χ0v) is 27.9. The number of aromatic nitrogens is 2. The van der Waals surface area contributed by atoms with Crippen molar-refractivity contribution in [1.82, 2.24) is 24.7 Å². The number of fused-ring (bicyclic) bond motifs is 2. The van der Waals surface area contributed by atoms with Gasteiger partial charge >= 0.3 is 6.01 Å².